The summed E-state index contributed by atoms with van der Waals surface area (Å²) in [7, 11) is 0. The van der Waals surface area contributed by atoms with Crippen molar-refractivity contribution in [2.24, 2.45) is 10.2 Å². The number of benzene rings is 4. The maximum absolute atomic E-state index is 12.9. The SMILES string of the molecule is O=C(N=Nc1c(O)n(CCc2ccccc2)c2ccccc12)[C@@H]1COc2cc3ccccc3cc2O1. The van der Waals surface area contributed by atoms with Crippen LogP contribution in [-0.2, 0) is 17.8 Å². The summed E-state index contributed by atoms with van der Waals surface area (Å²) in [5.74, 6) is 0.485. The van der Waals surface area contributed by atoms with Crippen molar-refractivity contribution in [3.05, 3.63) is 96.6 Å². The molecule has 1 aliphatic rings. The first-order chi connectivity index (χ1) is 17.7. The summed E-state index contributed by atoms with van der Waals surface area (Å²) in [6, 6.07) is 29.2. The van der Waals surface area contributed by atoms with Gasteiger partial charge in [0.25, 0.3) is 0 Å². The summed E-state index contributed by atoms with van der Waals surface area (Å²) in [6.07, 6.45) is -0.180. The Hall–Kier alpha value is -4.65. The second-order valence-electron chi connectivity index (χ2n) is 8.68. The van der Waals surface area contributed by atoms with Crippen LogP contribution in [0.4, 0.5) is 5.69 Å². The zero-order chi connectivity index (χ0) is 24.5. The first-order valence-corrected chi connectivity index (χ1v) is 11.8. The third-order valence-electron chi connectivity index (χ3n) is 6.38. The fourth-order valence-corrected chi connectivity index (χ4v) is 4.52. The highest BCUT2D eigenvalue weighted by atomic mass is 16.6. The molecule has 0 bridgehead atoms. The molecule has 0 spiro atoms. The molecule has 1 aliphatic heterocycles. The van der Waals surface area contributed by atoms with Gasteiger partial charge in [0.1, 0.15) is 6.61 Å². The van der Waals surface area contributed by atoms with Crippen molar-refractivity contribution in [1.29, 1.82) is 0 Å². The topological polar surface area (TPSA) is 85.4 Å². The van der Waals surface area contributed by atoms with Crippen molar-refractivity contribution < 1.29 is 19.4 Å². The van der Waals surface area contributed by atoms with Gasteiger partial charge in [-0.1, -0.05) is 72.8 Å². The summed E-state index contributed by atoms with van der Waals surface area (Å²) in [6.45, 7) is 0.595. The first-order valence-electron chi connectivity index (χ1n) is 11.8. The zero-order valence-electron chi connectivity index (χ0n) is 19.4. The quantitative estimate of drug-likeness (QED) is 0.306. The Morgan fingerprint density at radius 1 is 0.917 bits per heavy atom. The molecule has 0 unspecified atom stereocenters. The zero-order valence-corrected chi connectivity index (χ0v) is 19.4. The lowest BCUT2D eigenvalue weighted by Crippen LogP contribution is -2.35. The van der Waals surface area contributed by atoms with Gasteiger partial charge in [-0.3, -0.25) is 4.79 Å². The lowest BCUT2D eigenvalue weighted by molar-refractivity contribution is -0.127. The summed E-state index contributed by atoms with van der Waals surface area (Å²) in [5.41, 5.74) is 2.25. The number of carbonyl (C=O) groups excluding carboxylic acids is 1. The second kappa shape index (κ2) is 9.19. The molecule has 178 valence electrons. The number of carbonyl (C=O) groups is 1. The van der Waals surface area contributed by atoms with E-state index in [4.69, 9.17) is 9.47 Å². The van der Waals surface area contributed by atoms with E-state index in [-0.39, 0.29) is 18.2 Å². The van der Waals surface area contributed by atoms with E-state index in [1.165, 1.54) is 0 Å². The van der Waals surface area contributed by atoms with Crippen LogP contribution in [0.3, 0.4) is 0 Å². The molecule has 0 aliphatic carbocycles. The number of rotatable bonds is 5. The molecule has 0 fully saturated rings. The molecule has 1 aromatic heterocycles. The van der Waals surface area contributed by atoms with E-state index in [2.05, 4.69) is 22.4 Å². The number of hydrogen-bond acceptors (Lipinski definition) is 5. The molecular formula is C29H23N3O4. The average Bonchev–Trinajstić information content (AvgIpc) is 3.19. The number of amides is 1. The predicted molar refractivity (Wildman–Crippen MR) is 137 cm³/mol. The van der Waals surface area contributed by atoms with Crippen molar-refractivity contribution >= 4 is 33.3 Å². The Morgan fingerprint density at radius 2 is 1.61 bits per heavy atom. The highest BCUT2D eigenvalue weighted by molar-refractivity contribution is 5.95. The second-order valence-corrected chi connectivity index (χ2v) is 8.68. The van der Waals surface area contributed by atoms with Crippen LogP contribution in [0.5, 0.6) is 17.4 Å². The van der Waals surface area contributed by atoms with Gasteiger partial charge in [-0.15, -0.1) is 10.2 Å². The molecule has 1 N–H and O–H groups in total. The summed E-state index contributed by atoms with van der Waals surface area (Å²) < 4.78 is 13.5. The van der Waals surface area contributed by atoms with E-state index < -0.39 is 12.0 Å². The van der Waals surface area contributed by atoms with E-state index in [1.54, 1.807) is 4.57 Å². The molecule has 0 saturated carbocycles. The van der Waals surface area contributed by atoms with Crippen molar-refractivity contribution in [2.75, 3.05) is 6.61 Å². The number of ether oxygens (including phenoxy) is 2. The standard InChI is InChI=1S/C29H23N3O4/c33-28(26-18-35-24-16-20-10-4-5-11-21(20)17-25(24)36-26)31-30-27-22-12-6-7-13-23(22)32(29(27)34)15-14-19-8-2-1-3-9-19/h1-13,16-17,26,34H,14-15,18H2/t26-/m0/s1. The Bertz CT molecular complexity index is 1610. The Labute approximate surface area is 207 Å². The molecule has 1 atom stereocenters. The minimum Gasteiger partial charge on any atom is -0.493 e. The summed E-state index contributed by atoms with van der Waals surface area (Å²) >= 11 is 0. The number of aromatic hydroxyl groups is 1. The Kier molecular flexibility index (Phi) is 5.58. The number of azo groups is 1. The Morgan fingerprint density at radius 3 is 2.42 bits per heavy atom. The molecule has 6 rings (SSSR count). The monoisotopic (exact) mass is 477 g/mol. The number of nitrogens with zero attached hydrogens (tertiary/aromatic N) is 3. The van der Waals surface area contributed by atoms with Crippen LogP contribution >= 0.6 is 0 Å². The van der Waals surface area contributed by atoms with Gasteiger partial charge < -0.3 is 19.1 Å². The van der Waals surface area contributed by atoms with Gasteiger partial charge >= 0.3 is 5.91 Å². The normalized spacial score (nSPS) is 15.1. The number of aryl methyl sites for hydroxylation is 2. The van der Waals surface area contributed by atoms with Crippen LogP contribution in [-0.4, -0.2) is 28.3 Å². The minimum absolute atomic E-state index is 0.0266. The van der Waals surface area contributed by atoms with Gasteiger partial charge in [-0.2, -0.15) is 0 Å². The van der Waals surface area contributed by atoms with Crippen molar-refractivity contribution in [3.8, 4) is 17.4 Å². The van der Waals surface area contributed by atoms with Crippen molar-refractivity contribution in [1.82, 2.24) is 4.57 Å². The number of hydrogen-bond donors (Lipinski definition) is 1. The van der Waals surface area contributed by atoms with Crippen molar-refractivity contribution in [3.63, 3.8) is 0 Å². The van der Waals surface area contributed by atoms with Gasteiger partial charge in [0.15, 0.2) is 17.2 Å². The number of fused-ring (bicyclic) bond motifs is 3. The third-order valence-corrected chi connectivity index (χ3v) is 6.38. The van der Waals surface area contributed by atoms with Crippen LogP contribution in [0.15, 0.2) is 101 Å². The van der Waals surface area contributed by atoms with E-state index in [0.29, 0.717) is 18.0 Å². The molecule has 2 heterocycles. The molecule has 1 amide bonds. The molecule has 4 aromatic carbocycles. The fourth-order valence-electron chi connectivity index (χ4n) is 4.52. The highest BCUT2D eigenvalue weighted by Crippen LogP contribution is 2.39. The van der Waals surface area contributed by atoms with Crippen LogP contribution in [0.1, 0.15) is 5.56 Å². The number of para-hydroxylation sites is 1. The minimum atomic E-state index is -0.920. The maximum atomic E-state index is 12.9. The molecule has 0 radical (unpaired) electrons. The molecular weight excluding hydrogens is 454 g/mol. The molecule has 7 nitrogen and oxygen atoms in total. The van der Waals surface area contributed by atoms with Gasteiger partial charge in [-0.25, -0.2) is 0 Å². The van der Waals surface area contributed by atoms with Crippen LogP contribution < -0.4 is 9.47 Å². The molecule has 0 saturated heterocycles. The third kappa shape index (κ3) is 4.05. The van der Waals surface area contributed by atoms with Gasteiger partial charge in [-0.05, 0) is 41.0 Å². The first kappa shape index (κ1) is 21.9. The molecule has 5 aromatic rings. The smallest absolute Gasteiger partial charge is 0.308 e. The summed E-state index contributed by atoms with van der Waals surface area (Å²) in [4.78, 5) is 12.9. The van der Waals surface area contributed by atoms with E-state index in [1.807, 2.05) is 78.9 Å². The Balaban J connectivity index is 1.24. The van der Waals surface area contributed by atoms with Gasteiger partial charge in [0.05, 0.1) is 5.52 Å². The fraction of sp³-hybridized carbons (Fsp3) is 0.138. The summed E-state index contributed by atoms with van der Waals surface area (Å²) in [5, 5.41) is 21.8. The molecule has 36 heavy (non-hydrogen) atoms. The number of aromatic nitrogens is 1. The molecule has 7 heteroatoms. The predicted octanol–water partition coefficient (Wildman–Crippen LogP) is 6.19. The largest absolute Gasteiger partial charge is 0.493 e. The van der Waals surface area contributed by atoms with Crippen LogP contribution in [0.2, 0.25) is 0 Å². The highest BCUT2D eigenvalue weighted by Gasteiger charge is 2.28. The average molecular weight is 478 g/mol. The van der Waals surface area contributed by atoms with E-state index >= 15 is 0 Å². The van der Waals surface area contributed by atoms with E-state index in [0.717, 1.165) is 33.7 Å². The van der Waals surface area contributed by atoms with Gasteiger partial charge in [0, 0.05) is 11.9 Å². The van der Waals surface area contributed by atoms with E-state index in [9.17, 15) is 9.90 Å². The lowest BCUT2D eigenvalue weighted by atomic mass is 10.1. The van der Waals surface area contributed by atoms with Crippen LogP contribution in [0, 0.1) is 0 Å². The van der Waals surface area contributed by atoms with Crippen molar-refractivity contribution in [2.45, 2.75) is 19.1 Å². The van der Waals surface area contributed by atoms with Crippen LogP contribution in [0.25, 0.3) is 21.7 Å². The van der Waals surface area contributed by atoms with Gasteiger partial charge in [0.2, 0.25) is 12.0 Å². The maximum Gasteiger partial charge on any atom is 0.308 e. The lowest BCUT2D eigenvalue weighted by Gasteiger charge is -2.24.